The molecule has 3 heteroatoms. The average molecular weight is 209 g/mol. The zero-order chi connectivity index (χ0) is 11.0. The molecule has 0 saturated heterocycles. The molecule has 0 atom stereocenters. The summed E-state index contributed by atoms with van der Waals surface area (Å²) < 4.78 is 24.1. The second kappa shape index (κ2) is 7.99. The van der Waals surface area contributed by atoms with Crippen molar-refractivity contribution in [3.63, 3.8) is 0 Å². The van der Waals surface area contributed by atoms with Crippen LogP contribution in [0, 0.1) is 0 Å². The van der Waals surface area contributed by atoms with E-state index in [1.54, 1.807) is 6.92 Å². The monoisotopic (exact) mass is 208 g/mol. The Morgan fingerprint density at radius 2 is 1.77 bits per heavy atom. The highest BCUT2D eigenvalue weighted by Gasteiger charge is 2.12. The van der Waals surface area contributed by atoms with Crippen LogP contribution in [0.25, 0.3) is 0 Å². The molecule has 0 fully saturated rings. The largest absolute Gasteiger partial charge is 0.265 e. The Bertz CT molecular complexity index is 205. The van der Waals surface area contributed by atoms with Gasteiger partial charge in [0.05, 0.1) is 5.03 Å². The van der Waals surface area contributed by atoms with Crippen molar-refractivity contribution in [3.8, 4) is 0 Å². The number of alkyl halides is 2. The Balaban J connectivity index is 0. The summed E-state index contributed by atoms with van der Waals surface area (Å²) >= 11 is 5.51. The molecular weight excluding hydrogens is 194 g/mol. The van der Waals surface area contributed by atoms with E-state index in [4.69, 9.17) is 11.6 Å². The SMILES string of the molecule is C=C/C(=C(/Cl)C(=C)C)C(F)F.CC. The van der Waals surface area contributed by atoms with E-state index in [1.807, 2.05) is 13.8 Å². The summed E-state index contributed by atoms with van der Waals surface area (Å²) in [6.45, 7) is 12.2. The van der Waals surface area contributed by atoms with Crippen molar-refractivity contribution in [2.45, 2.75) is 27.2 Å². The predicted octanol–water partition coefficient (Wildman–Crippen LogP) is 4.53. The van der Waals surface area contributed by atoms with Crippen LogP contribution in [-0.2, 0) is 0 Å². The summed E-state index contributed by atoms with van der Waals surface area (Å²) in [6.07, 6.45) is -1.54. The van der Waals surface area contributed by atoms with Gasteiger partial charge < -0.3 is 0 Å². The Hall–Kier alpha value is -0.630. The first kappa shape index (κ1) is 14.9. The van der Waals surface area contributed by atoms with Crippen molar-refractivity contribution in [2.24, 2.45) is 0 Å². The molecule has 76 valence electrons. The first-order chi connectivity index (χ1) is 6.00. The maximum atomic E-state index is 12.1. The Labute approximate surface area is 83.6 Å². The smallest absolute Gasteiger partial charge is 0.205 e. The fourth-order valence-electron chi connectivity index (χ4n) is 0.521. The average Bonchev–Trinajstić information content (AvgIpc) is 2.08. The summed E-state index contributed by atoms with van der Waals surface area (Å²) in [5, 5.41) is -0.00463. The fraction of sp³-hybridized carbons (Fsp3) is 0.400. The van der Waals surface area contributed by atoms with Crippen molar-refractivity contribution in [3.05, 3.63) is 35.4 Å². The number of hydrogen-bond donors (Lipinski definition) is 0. The van der Waals surface area contributed by atoms with E-state index in [0.29, 0.717) is 5.57 Å². The quantitative estimate of drug-likeness (QED) is 0.598. The standard InChI is InChI=1S/C8H9ClF2.C2H6/c1-4-6(8(10)11)7(9)5(2)3;1-2/h4,8H,1-2H2,3H3;1-2H3/b7-6-;. The molecule has 0 spiro atoms. The highest BCUT2D eigenvalue weighted by Crippen LogP contribution is 2.22. The molecule has 0 amide bonds. The van der Waals surface area contributed by atoms with Gasteiger partial charge in [0.15, 0.2) is 0 Å². The molecule has 0 aliphatic heterocycles. The van der Waals surface area contributed by atoms with Gasteiger partial charge in [-0.2, -0.15) is 0 Å². The molecule has 0 aromatic carbocycles. The molecule has 0 heterocycles. The third-order valence-corrected chi connectivity index (χ3v) is 1.62. The van der Waals surface area contributed by atoms with Crippen molar-refractivity contribution >= 4 is 11.6 Å². The zero-order valence-electron chi connectivity index (χ0n) is 8.20. The lowest BCUT2D eigenvalue weighted by molar-refractivity contribution is 0.194. The van der Waals surface area contributed by atoms with Crippen molar-refractivity contribution in [1.82, 2.24) is 0 Å². The fourth-order valence-corrected chi connectivity index (χ4v) is 0.681. The van der Waals surface area contributed by atoms with Crippen LogP contribution in [0.2, 0.25) is 0 Å². The van der Waals surface area contributed by atoms with Gasteiger partial charge in [0.1, 0.15) is 0 Å². The summed E-state index contributed by atoms with van der Waals surface area (Å²) in [5.41, 5.74) is 0.154. The van der Waals surface area contributed by atoms with Gasteiger partial charge in [0, 0.05) is 5.57 Å². The van der Waals surface area contributed by atoms with Crippen molar-refractivity contribution in [1.29, 1.82) is 0 Å². The van der Waals surface area contributed by atoms with Gasteiger partial charge >= 0.3 is 0 Å². The highest BCUT2D eigenvalue weighted by atomic mass is 35.5. The van der Waals surface area contributed by atoms with E-state index in [2.05, 4.69) is 13.2 Å². The van der Waals surface area contributed by atoms with Gasteiger partial charge in [-0.25, -0.2) is 8.78 Å². The van der Waals surface area contributed by atoms with Crippen LogP contribution in [-0.4, -0.2) is 6.43 Å². The van der Waals surface area contributed by atoms with Gasteiger partial charge in [-0.15, -0.1) is 0 Å². The van der Waals surface area contributed by atoms with E-state index in [1.165, 1.54) is 0 Å². The van der Waals surface area contributed by atoms with Gasteiger partial charge in [-0.3, -0.25) is 0 Å². The van der Waals surface area contributed by atoms with Crippen LogP contribution in [0.1, 0.15) is 20.8 Å². The van der Waals surface area contributed by atoms with Crippen LogP contribution in [0.4, 0.5) is 8.78 Å². The van der Waals surface area contributed by atoms with E-state index in [0.717, 1.165) is 6.08 Å². The van der Waals surface area contributed by atoms with Crippen LogP contribution < -0.4 is 0 Å². The minimum Gasteiger partial charge on any atom is -0.205 e. The minimum atomic E-state index is -2.59. The highest BCUT2D eigenvalue weighted by molar-refractivity contribution is 6.32. The zero-order valence-corrected chi connectivity index (χ0v) is 8.96. The lowest BCUT2D eigenvalue weighted by Gasteiger charge is -2.03. The summed E-state index contributed by atoms with van der Waals surface area (Å²) in [7, 11) is 0. The first-order valence-electron chi connectivity index (χ1n) is 3.96. The van der Waals surface area contributed by atoms with Crippen LogP contribution in [0.3, 0.4) is 0 Å². The normalized spacial score (nSPS) is 11.3. The van der Waals surface area contributed by atoms with Crippen LogP contribution >= 0.6 is 11.6 Å². The Kier molecular flexibility index (Phi) is 9.14. The first-order valence-corrected chi connectivity index (χ1v) is 4.34. The molecule has 0 saturated carbocycles. The number of allylic oxidation sites excluding steroid dienone is 4. The molecule has 0 nitrogen and oxygen atoms in total. The lowest BCUT2D eigenvalue weighted by atomic mass is 10.2. The molecule has 0 aromatic heterocycles. The van der Waals surface area contributed by atoms with Gasteiger partial charge in [-0.1, -0.05) is 44.7 Å². The summed E-state index contributed by atoms with van der Waals surface area (Å²) in [5.74, 6) is 0. The van der Waals surface area contributed by atoms with Gasteiger partial charge in [0.2, 0.25) is 0 Å². The molecule has 0 aromatic rings. The minimum absolute atomic E-state index is 0.00463. The molecule has 0 rings (SSSR count). The Morgan fingerprint density at radius 3 is 1.85 bits per heavy atom. The van der Waals surface area contributed by atoms with Gasteiger partial charge in [0.25, 0.3) is 6.43 Å². The predicted molar refractivity (Wildman–Crippen MR) is 55.2 cm³/mol. The van der Waals surface area contributed by atoms with Crippen molar-refractivity contribution < 1.29 is 8.78 Å². The third kappa shape index (κ3) is 5.58. The Morgan fingerprint density at radius 1 is 1.38 bits per heavy atom. The molecule has 0 N–H and O–H groups in total. The van der Waals surface area contributed by atoms with E-state index >= 15 is 0 Å². The molecule has 0 bridgehead atoms. The van der Waals surface area contributed by atoms with E-state index < -0.39 is 6.43 Å². The summed E-state index contributed by atoms with van der Waals surface area (Å²) in [4.78, 5) is 0. The second-order valence-corrected chi connectivity index (χ2v) is 2.43. The lowest BCUT2D eigenvalue weighted by Crippen LogP contribution is -1.96. The second-order valence-electron chi connectivity index (χ2n) is 2.05. The number of halogens is 3. The molecule has 13 heavy (non-hydrogen) atoms. The molecular formula is C10H15ClF2. The van der Waals surface area contributed by atoms with Crippen molar-refractivity contribution in [2.75, 3.05) is 0 Å². The van der Waals surface area contributed by atoms with E-state index in [-0.39, 0.29) is 10.6 Å². The molecule has 0 unspecified atom stereocenters. The molecule has 0 aliphatic carbocycles. The van der Waals surface area contributed by atoms with E-state index in [9.17, 15) is 8.78 Å². The summed E-state index contributed by atoms with van der Waals surface area (Å²) in [6, 6.07) is 0. The molecule has 0 aliphatic rings. The van der Waals surface area contributed by atoms with Crippen LogP contribution in [0.5, 0.6) is 0 Å². The third-order valence-electron chi connectivity index (χ3n) is 1.08. The number of hydrogen-bond acceptors (Lipinski definition) is 0. The van der Waals surface area contributed by atoms with Crippen LogP contribution in [0.15, 0.2) is 35.4 Å². The maximum absolute atomic E-state index is 12.1. The topological polar surface area (TPSA) is 0 Å². The van der Waals surface area contributed by atoms with Gasteiger partial charge in [-0.05, 0) is 12.5 Å². The number of rotatable bonds is 3. The maximum Gasteiger partial charge on any atom is 0.265 e. The molecule has 0 radical (unpaired) electrons.